The fourth-order valence-electron chi connectivity index (χ4n) is 12.2. The maximum Gasteiger partial charge on any atom is 0.469 e. The van der Waals surface area contributed by atoms with Gasteiger partial charge in [0, 0.05) is 64.7 Å². The normalized spacial score (nSPS) is 23.9. The second kappa shape index (κ2) is 24.3. The summed E-state index contributed by atoms with van der Waals surface area (Å²) >= 11 is 1.45. The topological polar surface area (TPSA) is 306 Å². The van der Waals surface area contributed by atoms with Gasteiger partial charge in [-0.3, -0.25) is 34.0 Å². The second-order valence-electron chi connectivity index (χ2n) is 20.9. The van der Waals surface area contributed by atoms with Gasteiger partial charge >= 0.3 is 19.8 Å². The van der Waals surface area contributed by atoms with Crippen molar-refractivity contribution < 1.29 is 86.2 Å². The standard InChI is InChI=1S/C55H66N5O18PS3/c1-26-14-32-16-36-53(65)60-37-22-74-54(66)55(24-80-51(45(60)44(59(36)5)41(32)46(63)47(26)71-7)43-42(37)50-49(75-25-76-50)28(3)48(43)78-29(4)62)34-18-38(70-6)39(17-31(34)10-11-58-55)73-20-30-8-9-40(33(15-30)21-72-19-27(2)61)82-81-23-35(56)52(64)57-12-13-77-79(67,68)69/h8-9,14-15,17-18,35-37,44-45,51,53,58,63,65H,10-13,16,19-25,56H2,1-7H3,(H,57,64)(H2,67,68,69). The highest BCUT2D eigenvalue weighted by Gasteiger charge is 2.61. The maximum atomic E-state index is 15.3. The van der Waals surface area contributed by atoms with Crippen LogP contribution in [-0.4, -0.2) is 150 Å². The van der Waals surface area contributed by atoms with Crippen molar-refractivity contribution in [3.63, 3.8) is 0 Å². The van der Waals surface area contributed by atoms with Crippen LogP contribution in [0.3, 0.4) is 0 Å². The number of benzene rings is 4. The number of nitrogens with one attached hydrogen (secondary N) is 2. The van der Waals surface area contributed by atoms with Crippen LogP contribution in [0.5, 0.6) is 40.2 Å². The molecule has 4 aromatic carbocycles. The number of phenols is 1. The number of esters is 2. The Hall–Kier alpha value is -5.32. The quantitative estimate of drug-likeness (QED) is 0.0220. The summed E-state index contributed by atoms with van der Waals surface area (Å²) in [6.07, 6.45) is -0.192. The highest BCUT2D eigenvalue weighted by atomic mass is 33.1. The molecule has 0 radical (unpaired) electrons. The van der Waals surface area contributed by atoms with Crippen LogP contribution < -0.4 is 44.8 Å². The van der Waals surface area contributed by atoms with Crippen LogP contribution in [0.15, 0.2) is 41.3 Å². The molecule has 82 heavy (non-hydrogen) atoms. The number of hydrogen-bond acceptors (Lipinski definition) is 23. The molecule has 7 heterocycles. The highest BCUT2D eigenvalue weighted by Crippen LogP contribution is 2.64. The molecule has 7 aliphatic heterocycles. The maximum absolute atomic E-state index is 15.3. The van der Waals surface area contributed by atoms with E-state index in [1.54, 1.807) is 6.07 Å². The fourth-order valence-corrected chi connectivity index (χ4v) is 16.6. The molecule has 8 atom stereocenters. The lowest BCUT2D eigenvalue weighted by Gasteiger charge is -2.62. The number of ether oxygens (including phenoxy) is 8. The average Bonchev–Trinajstić information content (AvgIpc) is 1.06. The zero-order valence-corrected chi connectivity index (χ0v) is 49.5. The minimum absolute atomic E-state index is 0.00252. The number of aromatic hydroxyl groups is 1. The Balaban J connectivity index is 0.967. The first-order valence-electron chi connectivity index (χ1n) is 26.5. The number of phosphoric ester groups is 1. The summed E-state index contributed by atoms with van der Waals surface area (Å²) in [4.78, 5) is 75.5. The van der Waals surface area contributed by atoms with Gasteiger partial charge < -0.3 is 68.9 Å². The van der Waals surface area contributed by atoms with E-state index in [-0.39, 0.29) is 75.2 Å². The number of rotatable bonds is 19. The Morgan fingerprint density at radius 1 is 1.00 bits per heavy atom. The van der Waals surface area contributed by atoms with Gasteiger partial charge in [0.2, 0.25) is 12.7 Å². The fraction of sp³-hybridized carbons (Fsp3) is 0.491. The van der Waals surface area contributed by atoms with Gasteiger partial charge in [0.05, 0.1) is 56.9 Å². The number of carbonyl (C=O) groups excluding carboxylic acids is 4. The number of methoxy groups -OCH3 is 2. The van der Waals surface area contributed by atoms with E-state index in [9.17, 15) is 29.2 Å². The van der Waals surface area contributed by atoms with E-state index < -0.39 is 72.9 Å². The van der Waals surface area contributed by atoms with E-state index in [1.165, 1.54) is 61.4 Å². The van der Waals surface area contributed by atoms with Gasteiger partial charge in [-0.15, -0.1) is 11.8 Å². The van der Waals surface area contributed by atoms with Crippen LogP contribution in [0.1, 0.15) is 86.8 Å². The molecule has 7 aliphatic rings. The number of piperazine rings is 1. The SMILES string of the molecule is COc1cc2c(cc1OCc1ccc(SSCC(N)C(=O)NCCOP(=O)(O)O)c(COCC(C)=O)c1)CCNC21CSC2c3c(OC(C)=O)c(C)c4c(c3C(COC1=O)N1C(O)C3Cc5cc(C)c(OC)c(O)c5C(C21)N3C)OCO4. The number of ketones is 1. The molecule has 23 nitrogen and oxygen atoms in total. The number of nitrogens with two attached hydrogens (primary N) is 1. The Kier molecular flexibility index (Phi) is 17.8. The number of phenolic OH excluding ortho intramolecular Hbond substituents is 1. The largest absolute Gasteiger partial charge is 0.504 e. The molecule has 8 unspecified atom stereocenters. The lowest BCUT2D eigenvalue weighted by molar-refractivity contribution is -0.186. The number of nitrogens with zero attached hydrogens (tertiary/aromatic N) is 2. The van der Waals surface area contributed by atoms with Crippen LogP contribution in [0.4, 0.5) is 0 Å². The molecule has 1 amide bonds. The Bertz CT molecular complexity index is 3240. The summed E-state index contributed by atoms with van der Waals surface area (Å²) in [5, 5.41) is 30.4. The predicted molar refractivity (Wildman–Crippen MR) is 301 cm³/mol. The molecular formula is C55H66N5O18PS3. The molecule has 4 aromatic rings. The van der Waals surface area contributed by atoms with Gasteiger partial charge in [-0.1, -0.05) is 33.7 Å². The van der Waals surface area contributed by atoms with E-state index in [1.807, 2.05) is 56.1 Å². The van der Waals surface area contributed by atoms with Gasteiger partial charge in [0.25, 0.3) is 0 Å². The van der Waals surface area contributed by atoms with Crippen molar-refractivity contribution in [3.8, 4) is 40.2 Å². The molecule has 1 spiro atoms. The zero-order chi connectivity index (χ0) is 58.5. The zero-order valence-electron chi connectivity index (χ0n) is 46.1. The van der Waals surface area contributed by atoms with Gasteiger partial charge in [0.15, 0.2) is 45.8 Å². The van der Waals surface area contributed by atoms with Gasteiger partial charge in [-0.2, -0.15) is 0 Å². The van der Waals surface area contributed by atoms with Crippen molar-refractivity contribution in [2.75, 3.05) is 72.5 Å². The third-order valence-electron chi connectivity index (χ3n) is 15.7. The smallest absolute Gasteiger partial charge is 0.469 e. The van der Waals surface area contributed by atoms with E-state index >= 15 is 4.79 Å². The van der Waals surface area contributed by atoms with E-state index in [0.717, 1.165) is 32.7 Å². The number of thioether (sulfide) groups is 1. The minimum Gasteiger partial charge on any atom is -0.504 e. The van der Waals surface area contributed by atoms with Crippen molar-refractivity contribution in [2.24, 2.45) is 5.73 Å². The van der Waals surface area contributed by atoms with E-state index in [4.69, 9.17) is 53.4 Å². The van der Waals surface area contributed by atoms with Crippen molar-refractivity contribution in [3.05, 3.63) is 92.0 Å². The molecule has 2 saturated heterocycles. The van der Waals surface area contributed by atoms with Crippen LogP contribution >= 0.6 is 41.2 Å². The van der Waals surface area contributed by atoms with E-state index in [2.05, 4.69) is 20.1 Å². The number of likely N-dealkylation sites (N-methyl/N-ethyl adjacent to an activating group) is 1. The molecule has 0 saturated carbocycles. The molecule has 0 aromatic heterocycles. The number of amides is 1. The van der Waals surface area contributed by atoms with Crippen molar-refractivity contribution >= 4 is 64.8 Å². The Morgan fingerprint density at radius 2 is 1.78 bits per heavy atom. The summed E-state index contributed by atoms with van der Waals surface area (Å²) in [7, 11) is 2.98. The lowest BCUT2D eigenvalue weighted by atomic mass is 9.73. The molecule has 11 rings (SSSR count). The number of phosphoric acid groups is 1. The number of aliphatic hydroxyl groups is 1. The summed E-state index contributed by atoms with van der Waals surface area (Å²) in [6, 6.07) is 7.91. The molecule has 2 fully saturated rings. The summed E-state index contributed by atoms with van der Waals surface area (Å²) in [5.41, 5.74) is 11.6. The third kappa shape index (κ3) is 11.4. The molecule has 8 N–H and O–H groups in total. The number of aliphatic hydroxyl groups excluding tert-OH is 1. The lowest BCUT2D eigenvalue weighted by Crippen LogP contribution is -2.70. The number of aryl methyl sites for hydroxylation is 1. The first kappa shape index (κ1) is 59.8. The third-order valence-corrected chi connectivity index (χ3v) is 20.2. The van der Waals surface area contributed by atoms with E-state index in [0.29, 0.717) is 76.0 Å². The minimum atomic E-state index is -4.67. The van der Waals surface area contributed by atoms with Gasteiger partial charge in [0.1, 0.15) is 31.8 Å². The van der Waals surface area contributed by atoms with Crippen LogP contribution in [0, 0.1) is 13.8 Å². The first-order chi connectivity index (χ1) is 39.2. The highest BCUT2D eigenvalue weighted by molar-refractivity contribution is 8.76. The molecule has 442 valence electrons. The van der Waals surface area contributed by atoms with Crippen molar-refractivity contribution in [1.29, 1.82) is 0 Å². The van der Waals surface area contributed by atoms with Gasteiger partial charge in [-0.25, -0.2) is 9.36 Å². The second-order valence-corrected chi connectivity index (χ2v) is 25.7. The van der Waals surface area contributed by atoms with Gasteiger partial charge in [-0.05, 0) is 98.3 Å². The Labute approximate surface area is 485 Å². The van der Waals surface area contributed by atoms with Crippen LogP contribution in [-0.2, 0) is 69.3 Å². The van der Waals surface area contributed by atoms with Crippen molar-refractivity contribution in [2.45, 2.75) is 106 Å². The average molecular weight is 1210 g/mol. The molecule has 27 heteroatoms. The number of hydrogen-bond donors (Lipinski definition) is 7. The summed E-state index contributed by atoms with van der Waals surface area (Å²) in [5.74, 6) is 0.700. The molecular weight excluding hydrogens is 1150 g/mol. The van der Waals surface area contributed by atoms with Crippen molar-refractivity contribution in [1.82, 2.24) is 20.4 Å². The molecule has 0 aliphatic carbocycles. The molecule has 4 bridgehead atoms. The summed E-state index contributed by atoms with van der Waals surface area (Å²) in [6.45, 7) is 6.02. The number of Topliss-reactive ketones (excluding diaryl/α,β-unsaturated/α-hetero) is 1. The predicted octanol–water partition coefficient (Wildman–Crippen LogP) is 4.69. The monoisotopic (exact) mass is 1210 g/mol. The summed E-state index contributed by atoms with van der Waals surface area (Å²) < 4.78 is 64.6. The number of carbonyl (C=O) groups is 4. The van der Waals surface area contributed by atoms with Crippen LogP contribution in [0.25, 0.3) is 0 Å². The first-order valence-corrected chi connectivity index (χ1v) is 31.4. The Morgan fingerprint density at radius 3 is 2.51 bits per heavy atom. The van der Waals surface area contributed by atoms with Crippen LogP contribution in [0.2, 0.25) is 0 Å². The number of fused-ring (bicyclic) bond motifs is 9.